The van der Waals surface area contributed by atoms with Gasteiger partial charge in [-0.1, -0.05) is 19.9 Å². The Morgan fingerprint density at radius 1 is 1.47 bits per heavy atom. The average molecular weight is 232 g/mol. The molecule has 0 aliphatic rings. The van der Waals surface area contributed by atoms with Crippen molar-refractivity contribution in [2.24, 2.45) is 0 Å². The minimum Gasteiger partial charge on any atom is -0.461 e. The van der Waals surface area contributed by atoms with E-state index in [1.54, 1.807) is 17.5 Å². The second-order valence-corrected chi connectivity index (χ2v) is 4.21. The summed E-state index contributed by atoms with van der Waals surface area (Å²) in [6.45, 7) is 6.39. The maximum absolute atomic E-state index is 11.7. The minimum atomic E-state index is -0.332. The zero-order valence-corrected chi connectivity index (χ0v) is 10.3. The Kier molecular flexibility index (Phi) is 3.13. The monoisotopic (exact) mass is 232 g/mol. The number of esters is 1. The van der Waals surface area contributed by atoms with Crippen LogP contribution < -0.4 is 0 Å². The second kappa shape index (κ2) is 4.57. The number of rotatable bonds is 3. The van der Waals surface area contributed by atoms with Crippen molar-refractivity contribution in [3.8, 4) is 0 Å². The zero-order valence-electron chi connectivity index (χ0n) is 10.3. The van der Waals surface area contributed by atoms with Gasteiger partial charge in [0.05, 0.1) is 12.8 Å². The molecule has 0 fully saturated rings. The first-order chi connectivity index (χ1) is 8.13. The summed E-state index contributed by atoms with van der Waals surface area (Å²) in [4.78, 5) is 15.9. The third-order valence-electron chi connectivity index (χ3n) is 2.68. The highest BCUT2D eigenvalue weighted by Crippen LogP contribution is 2.16. The number of aromatic nitrogens is 2. The van der Waals surface area contributed by atoms with E-state index in [9.17, 15) is 4.79 Å². The van der Waals surface area contributed by atoms with Gasteiger partial charge in [-0.3, -0.25) is 4.40 Å². The lowest BCUT2D eigenvalue weighted by Crippen LogP contribution is -2.08. The number of carbonyl (C=O) groups is 1. The van der Waals surface area contributed by atoms with Crippen molar-refractivity contribution >= 4 is 11.6 Å². The van der Waals surface area contributed by atoms with Crippen LogP contribution in [0.5, 0.6) is 0 Å². The first kappa shape index (κ1) is 11.6. The van der Waals surface area contributed by atoms with E-state index in [0.29, 0.717) is 18.2 Å². The molecular weight excluding hydrogens is 216 g/mol. The second-order valence-electron chi connectivity index (χ2n) is 4.21. The average Bonchev–Trinajstić information content (AvgIpc) is 2.71. The SMILES string of the molecule is CCOC(=O)c1cnc2ccc(C(C)C)cn12. The van der Waals surface area contributed by atoms with Gasteiger partial charge in [0.25, 0.3) is 0 Å². The molecule has 2 aromatic rings. The molecule has 0 atom stereocenters. The van der Waals surface area contributed by atoms with Crippen molar-refractivity contribution in [2.75, 3.05) is 6.61 Å². The molecule has 0 bridgehead atoms. The number of fused-ring (bicyclic) bond motifs is 1. The quantitative estimate of drug-likeness (QED) is 0.764. The number of nitrogens with zero attached hydrogens (tertiary/aromatic N) is 2. The largest absolute Gasteiger partial charge is 0.461 e. The van der Waals surface area contributed by atoms with E-state index in [1.165, 1.54) is 5.56 Å². The summed E-state index contributed by atoms with van der Waals surface area (Å²) in [7, 11) is 0. The summed E-state index contributed by atoms with van der Waals surface area (Å²) in [6, 6.07) is 3.94. The van der Waals surface area contributed by atoms with Crippen LogP contribution in [0.15, 0.2) is 24.5 Å². The van der Waals surface area contributed by atoms with Gasteiger partial charge in [-0.2, -0.15) is 0 Å². The molecule has 0 radical (unpaired) electrons. The van der Waals surface area contributed by atoms with Crippen LogP contribution in [0.3, 0.4) is 0 Å². The molecule has 0 unspecified atom stereocenters. The molecule has 2 aromatic heterocycles. The van der Waals surface area contributed by atoms with Crippen LogP contribution in [0.2, 0.25) is 0 Å². The van der Waals surface area contributed by atoms with Crippen molar-refractivity contribution in [2.45, 2.75) is 26.7 Å². The normalized spacial score (nSPS) is 11.1. The Morgan fingerprint density at radius 2 is 2.24 bits per heavy atom. The molecule has 0 N–H and O–H groups in total. The Morgan fingerprint density at radius 3 is 2.88 bits per heavy atom. The smallest absolute Gasteiger partial charge is 0.356 e. The predicted molar refractivity (Wildman–Crippen MR) is 65.2 cm³/mol. The van der Waals surface area contributed by atoms with Crippen LogP contribution in [0.25, 0.3) is 5.65 Å². The maximum Gasteiger partial charge on any atom is 0.356 e. The number of hydrogen-bond acceptors (Lipinski definition) is 3. The van der Waals surface area contributed by atoms with Crippen molar-refractivity contribution in [1.82, 2.24) is 9.38 Å². The molecule has 2 rings (SSSR count). The van der Waals surface area contributed by atoms with Crippen molar-refractivity contribution < 1.29 is 9.53 Å². The molecule has 0 saturated carbocycles. The topological polar surface area (TPSA) is 43.6 Å². The third kappa shape index (κ3) is 2.16. The summed E-state index contributed by atoms with van der Waals surface area (Å²) in [5.74, 6) is 0.0813. The Bertz CT molecular complexity index is 543. The van der Waals surface area contributed by atoms with Crippen LogP contribution in [-0.4, -0.2) is 22.0 Å². The first-order valence-electron chi connectivity index (χ1n) is 5.77. The van der Waals surface area contributed by atoms with Gasteiger partial charge in [0.2, 0.25) is 0 Å². The number of hydrogen-bond donors (Lipinski definition) is 0. The Balaban J connectivity index is 2.50. The van der Waals surface area contributed by atoms with E-state index in [4.69, 9.17) is 4.74 Å². The van der Waals surface area contributed by atoms with Gasteiger partial charge in [0.1, 0.15) is 5.65 Å². The maximum atomic E-state index is 11.7. The molecule has 0 spiro atoms. The third-order valence-corrected chi connectivity index (χ3v) is 2.68. The lowest BCUT2D eigenvalue weighted by atomic mass is 10.1. The molecule has 0 aromatic carbocycles. The van der Waals surface area contributed by atoms with E-state index < -0.39 is 0 Å². The van der Waals surface area contributed by atoms with Crippen LogP contribution in [0.4, 0.5) is 0 Å². The number of carbonyl (C=O) groups excluding carboxylic acids is 1. The standard InChI is InChI=1S/C13H16N2O2/c1-4-17-13(16)11-7-14-12-6-5-10(9(2)3)8-15(11)12/h5-9H,4H2,1-3H3. The molecule has 2 heterocycles. The van der Waals surface area contributed by atoms with E-state index in [1.807, 2.05) is 18.3 Å². The minimum absolute atomic E-state index is 0.332. The van der Waals surface area contributed by atoms with Crippen molar-refractivity contribution in [3.05, 3.63) is 35.8 Å². The fraction of sp³-hybridized carbons (Fsp3) is 0.385. The molecule has 0 amide bonds. The number of ether oxygens (including phenoxy) is 1. The Labute approximate surface area is 100 Å². The van der Waals surface area contributed by atoms with Crippen molar-refractivity contribution in [1.29, 1.82) is 0 Å². The molecule has 0 saturated heterocycles. The highest BCUT2D eigenvalue weighted by atomic mass is 16.5. The van der Waals surface area contributed by atoms with Crippen LogP contribution >= 0.6 is 0 Å². The van der Waals surface area contributed by atoms with Gasteiger partial charge < -0.3 is 4.74 Å². The van der Waals surface area contributed by atoms with E-state index in [-0.39, 0.29) is 5.97 Å². The van der Waals surface area contributed by atoms with Gasteiger partial charge in [-0.25, -0.2) is 9.78 Å². The lowest BCUT2D eigenvalue weighted by molar-refractivity contribution is 0.0518. The molecule has 90 valence electrons. The molecule has 4 nitrogen and oxygen atoms in total. The molecule has 0 aliphatic carbocycles. The summed E-state index contributed by atoms with van der Waals surface area (Å²) in [6.07, 6.45) is 3.50. The van der Waals surface area contributed by atoms with Crippen LogP contribution in [-0.2, 0) is 4.74 Å². The van der Waals surface area contributed by atoms with Crippen molar-refractivity contribution in [3.63, 3.8) is 0 Å². The summed E-state index contributed by atoms with van der Waals surface area (Å²) >= 11 is 0. The van der Waals surface area contributed by atoms with Gasteiger partial charge in [-0.05, 0) is 24.5 Å². The molecular formula is C13H16N2O2. The van der Waals surface area contributed by atoms with Gasteiger partial charge in [0, 0.05) is 6.20 Å². The fourth-order valence-electron chi connectivity index (χ4n) is 1.69. The molecule has 0 aliphatic heterocycles. The van der Waals surface area contributed by atoms with Crippen LogP contribution in [0, 0.1) is 0 Å². The van der Waals surface area contributed by atoms with Gasteiger partial charge in [-0.15, -0.1) is 0 Å². The lowest BCUT2D eigenvalue weighted by Gasteiger charge is -2.07. The predicted octanol–water partition coefficient (Wildman–Crippen LogP) is 2.63. The fourth-order valence-corrected chi connectivity index (χ4v) is 1.69. The van der Waals surface area contributed by atoms with Gasteiger partial charge >= 0.3 is 5.97 Å². The van der Waals surface area contributed by atoms with Gasteiger partial charge in [0.15, 0.2) is 5.69 Å². The van der Waals surface area contributed by atoms with E-state index >= 15 is 0 Å². The Hall–Kier alpha value is -1.84. The van der Waals surface area contributed by atoms with Crippen LogP contribution in [0.1, 0.15) is 42.7 Å². The summed E-state index contributed by atoms with van der Waals surface area (Å²) in [5.41, 5.74) is 2.41. The molecule has 17 heavy (non-hydrogen) atoms. The summed E-state index contributed by atoms with van der Waals surface area (Å²) in [5, 5.41) is 0. The summed E-state index contributed by atoms with van der Waals surface area (Å²) < 4.78 is 6.78. The van der Waals surface area contributed by atoms with E-state index in [2.05, 4.69) is 18.8 Å². The number of imidazole rings is 1. The zero-order chi connectivity index (χ0) is 12.4. The first-order valence-corrected chi connectivity index (χ1v) is 5.77. The highest BCUT2D eigenvalue weighted by molar-refractivity contribution is 5.88. The highest BCUT2D eigenvalue weighted by Gasteiger charge is 2.13. The van der Waals surface area contributed by atoms with E-state index in [0.717, 1.165) is 5.65 Å². The molecule has 4 heteroatoms. The number of pyridine rings is 1.